The average molecular weight is 429 g/mol. The predicted octanol–water partition coefficient (Wildman–Crippen LogP) is 3.05. The molecule has 3 aromatic rings. The highest BCUT2D eigenvalue weighted by Crippen LogP contribution is 2.22. The molecule has 0 spiro atoms. The summed E-state index contributed by atoms with van der Waals surface area (Å²) in [6.07, 6.45) is 2.99. The Bertz CT molecular complexity index is 1110. The minimum absolute atomic E-state index is 0.0317. The van der Waals surface area contributed by atoms with Gasteiger partial charge in [0.15, 0.2) is 5.15 Å². The van der Waals surface area contributed by atoms with Gasteiger partial charge in [-0.3, -0.25) is 14.3 Å². The smallest absolute Gasteiger partial charge is 0.410 e. The zero-order valence-corrected chi connectivity index (χ0v) is 17.6. The van der Waals surface area contributed by atoms with Crippen LogP contribution in [0.1, 0.15) is 20.8 Å². The number of carbonyl (C=O) groups is 2. The maximum absolute atomic E-state index is 12.6. The van der Waals surface area contributed by atoms with Gasteiger partial charge < -0.3 is 9.64 Å². The molecule has 1 aliphatic heterocycles. The summed E-state index contributed by atoms with van der Waals surface area (Å²) in [6, 6.07) is 7.19. The maximum Gasteiger partial charge on any atom is 0.410 e. The van der Waals surface area contributed by atoms with Gasteiger partial charge >= 0.3 is 6.09 Å². The molecular formula is C20H21ClN6O3. The van der Waals surface area contributed by atoms with Crippen molar-refractivity contribution in [3.63, 3.8) is 0 Å². The summed E-state index contributed by atoms with van der Waals surface area (Å²) in [5, 5.41) is 8.18. The molecule has 0 N–H and O–H groups in total. The Morgan fingerprint density at radius 3 is 2.63 bits per heavy atom. The largest absolute Gasteiger partial charge is 0.444 e. The molecule has 30 heavy (non-hydrogen) atoms. The fraction of sp³-hybridized carbons (Fsp3) is 0.350. The van der Waals surface area contributed by atoms with Gasteiger partial charge in [0.2, 0.25) is 5.91 Å². The van der Waals surface area contributed by atoms with Crippen molar-refractivity contribution in [3.05, 3.63) is 41.8 Å². The molecule has 3 aromatic heterocycles. The molecule has 0 radical (unpaired) electrons. The summed E-state index contributed by atoms with van der Waals surface area (Å²) in [5.74, 6) is 0.479. The molecule has 1 aliphatic rings. The Labute approximate surface area is 178 Å². The van der Waals surface area contributed by atoms with E-state index in [0.717, 1.165) is 5.52 Å². The second-order valence-corrected chi connectivity index (χ2v) is 8.33. The molecule has 4 heterocycles. The average Bonchev–Trinajstić information content (AvgIpc) is 3.10. The molecule has 156 valence electrons. The van der Waals surface area contributed by atoms with Gasteiger partial charge in [0.05, 0.1) is 17.4 Å². The number of fused-ring (bicyclic) bond motifs is 1. The predicted molar refractivity (Wildman–Crippen MR) is 112 cm³/mol. The molecule has 9 nitrogen and oxygen atoms in total. The maximum atomic E-state index is 12.6. The first-order valence-electron chi connectivity index (χ1n) is 9.46. The van der Waals surface area contributed by atoms with Gasteiger partial charge in [-0.15, -0.1) is 10.2 Å². The van der Waals surface area contributed by atoms with Crippen molar-refractivity contribution in [2.75, 3.05) is 24.5 Å². The number of carbonyl (C=O) groups excluding carboxylic acids is 2. The van der Waals surface area contributed by atoms with Crippen molar-refractivity contribution in [2.45, 2.75) is 26.4 Å². The van der Waals surface area contributed by atoms with E-state index in [4.69, 9.17) is 16.3 Å². The third-order valence-electron chi connectivity index (χ3n) is 4.58. The third kappa shape index (κ3) is 4.06. The van der Waals surface area contributed by atoms with Gasteiger partial charge in [-0.1, -0.05) is 11.6 Å². The van der Waals surface area contributed by atoms with Gasteiger partial charge in [-0.05, 0) is 39.0 Å². The van der Waals surface area contributed by atoms with Crippen molar-refractivity contribution in [2.24, 2.45) is 0 Å². The number of anilines is 1. The second-order valence-electron chi connectivity index (χ2n) is 7.95. The molecule has 4 rings (SSSR count). The van der Waals surface area contributed by atoms with E-state index in [-0.39, 0.29) is 12.5 Å². The number of hydrogen-bond acceptors (Lipinski definition) is 6. The lowest BCUT2D eigenvalue weighted by molar-refractivity contribution is -0.121. The van der Waals surface area contributed by atoms with Crippen LogP contribution in [0.3, 0.4) is 0 Å². The number of rotatable bonds is 2. The number of nitrogens with zero attached hydrogens (tertiary/aromatic N) is 6. The lowest BCUT2D eigenvalue weighted by atomic mass is 10.2. The Morgan fingerprint density at radius 1 is 1.17 bits per heavy atom. The molecule has 1 fully saturated rings. The highest BCUT2D eigenvalue weighted by molar-refractivity contribution is 6.29. The van der Waals surface area contributed by atoms with Crippen molar-refractivity contribution in [1.29, 1.82) is 0 Å². The summed E-state index contributed by atoms with van der Waals surface area (Å²) in [7, 11) is 0. The van der Waals surface area contributed by atoms with Crippen molar-refractivity contribution < 1.29 is 14.3 Å². The standard InChI is InChI=1S/C20H21ClN6O3/c1-20(2,3)30-19(29)25-8-9-26(18(28)12-25)13-4-5-17(22-11-13)27-7-6-14-15(27)10-16(21)24-23-14/h4-7,10-11H,8-9,12H2,1-3H3. The van der Waals surface area contributed by atoms with Crippen molar-refractivity contribution >= 4 is 40.3 Å². The van der Waals surface area contributed by atoms with E-state index in [1.165, 1.54) is 4.90 Å². The Balaban J connectivity index is 1.49. The molecule has 0 saturated carbocycles. The topological polar surface area (TPSA) is 93.4 Å². The SMILES string of the molecule is CC(C)(C)OC(=O)N1CCN(c2ccc(-n3ccc4nnc(Cl)cc43)nc2)C(=O)C1. The van der Waals surface area contributed by atoms with Crippen LogP contribution in [0.15, 0.2) is 36.7 Å². The lowest BCUT2D eigenvalue weighted by Crippen LogP contribution is -2.53. The van der Waals surface area contributed by atoms with E-state index in [1.807, 2.05) is 29.0 Å². The molecule has 0 bridgehead atoms. The van der Waals surface area contributed by atoms with E-state index in [1.54, 1.807) is 37.9 Å². The van der Waals surface area contributed by atoms with Gasteiger partial charge in [0.1, 0.15) is 23.5 Å². The zero-order chi connectivity index (χ0) is 21.5. The molecule has 0 unspecified atom stereocenters. The molecule has 0 atom stereocenters. The number of aromatic nitrogens is 4. The fourth-order valence-electron chi connectivity index (χ4n) is 3.21. The molecule has 2 amide bonds. The number of halogens is 1. The van der Waals surface area contributed by atoms with E-state index < -0.39 is 11.7 Å². The summed E-state index contributed by atoms with van der Waals surface area (Å²) in [5.41, 5.74) is 1.56. The van der Waals surface area contributed by atoms with E-state index >= 15 is 0 Å². The summed E-state index contributed by atoms with van der Waals surface area (Å²) < 4.78 is 7.20. The third-order valence-corrected chi connectivity index (χ3v) is 4.76. The Hall–Kier alpha value is -3.20. The minimum atomic E-state index is -0.602. The second kappa shape index (κ2) is 7.56. The number of hydrogen-bond donors (Lipinski definition) is 0. The summed E-state index contributed by atoms with van der Waals surface area (Å²) in [4.78, 5) is 32.3. The summed E-state index contributed by atoms with van der Waals surface area (Å²) >= 11 is 5.96. The van der Waals surface area contributed by atoms with Gasteiger partial charge in [-0.25, -0.2) is 9.78 Å². The van der Waals surface area contributed by atoms with Gasteiger partial charge in [0.25, 0.3) is 0 Å². The monoisotopic (exact) mass is 428 g/mol. The van der Waals surface area contributed by atoms with Crippen molar-refractivity contribution in [1.82, 2.24) is 24.6 Å². The van der Waals surface area contributed by atoms with Crippen LogP contribution in [-0.2, 0) is 9.53 Å². The van der Waals surface area contributed by atoms with E-state index in [0.29, 0.717) is 35.3 Å². The first kappa shape index (κ1) is 20.1. The molecule has 10 heteroatoms. The number of piperazine rings is 1. The minimum Gasteiger partial charge on any atom is -0.444 e. The normalized spacial score (nSPS) is 15.0. The zero-order valence-electron chi connectivity index (χ0n) is 16.9. The molecule has 1 saturated heterocycles. The van der Waals surface area contributed by atoms with Crippen LogP contribution in [-0.4, -0.2) is 61.9 Å². The van der Waals surface area contributed by atoms with Crippen molar-refractivity contribution in [3.8, 4) is 5.82 Å². The van der Waals surface area contributed by atoms with E-state index in [2.05, 4.69) is 15.2 Å². The van der Waals surface area contributed by atoms with Crippen LogP contribution in [0.4, 0.5) is 10.5 Å². The van der Waals surface area contributed by atoms with Gasteiger partial charge in [0, 0.05) is 25.4 Å². The summed E-state index contributed by atoms with van der Waals surface area (Å²) in [6.45, 7) is 6.12. The molecular weight excluding hydrogens is 408 g/mol. The van der Waals surface area contributed by atoms with Gasteiger partial charge in [-0.2, -0.15) is 0 Å². The van der Waals surface area contributed by atoms with Crippen LogP contribution in [0.5, 0.6) is 0 Å². The Kier molecular flexibility index (Phi) is 5.07. The fourth-order valence-corrected chi connectivity index (χ4v) is 3.36. The lowest BCUT2D eigenvalue weighted by Gasteiger charge is -2.35. The van der Waals surface area contributed by atoms with Crippen LogP contribution in [0.25, 0.3) is 16.9 Å². The molecule has 0 aliphatic carbocycles. The number of pyridine rings is 1. The number of ether oxygens (including phenoxy) is 1. The first-order valence-corrected chi connectivity index (χ1v) is 9.84. The highest BCUT2D eigenvalue weighted by Gasteiger charge is 2.31. The highest BCUT2D eigenvalue weighted by atomic mass is 35.5. The van der Waals surface area contributed by atoms with Crippen LogP contribution >= 0.6 is 11.6 Å². The Morgan fingerprint density at radius 2 is 1.97 bits per heavy atom. The van der Waals surface area contributed by atoms with Crippen LogP contribution in [0.2, 0.25) is 5.15 Å². The van der Waals surface area contributed by atoms with Crippen LogP contribution in [0, 0.1) is 0 Å². The first-order chi connectivity index (χ1) is 14.2. The molecule has 0 aromatic carbocycles. The quantitative estimate of drug-likeness (QED) is 0.622. The number of amides is 2. The van der Waals surface area contributed by atoms with Crippen LogP contribution < -0.4 is 4.90 Å². The van der Waals surface area contributed by atoms with E-state index in [9.17, 15) is 9.59 Å².